The largest absolute Gasteiger partial charge is 0.508 e. The second kappa shape index (κ2) is 22.2. The number of nitrogens with zero attached hydrogens (tertiary/aromatic N) is 1. The molecule has 0 aliphatic rings. The van der Waals surface area contributed by atoms with Gasteiger partial charge in [0.25, 0.3) is 0 Å². The van der Waals surface area contributed by atoms with Gasteiger partial charge in [-0.15, -0.1) is 0 Å². The Morgan fingerprint density at radius 2 is 1.51 bits per heavy atom. The molecule has 0 spiro atoms. The highest BCUT2D eigenvalue weighted by atomic mass is 32.1. The topological polar surface area (TPSA) is 129 Å². The van der Waals surface area contributed by atoms with Crippen molar-refractivity contribution >= 4 is 23.0 Å². The predicted octanol–water partition coefficient (Wildman–Crippen LogP) is 3.79. The Kier molecular flexibility index (Phi) is 19.5. The van der Waals surface area contributed by atoms with E-state index in [0.29, 0.717) is 70.0 Å². The van der Waals surface area contributed by atoms with Gasteiger partial charge in [-0.2, -0.15) is 5.11 Å². The summed E-state index contributed by atoms with van der Waals surface area (Å²) in [4.78, 5) is 0. The number of phenolic OH excluding ortho intramolecular Hbond substituents is 1. The molecule has 1 aromatic rings. The van der Waals surface area contributed by atoms with E-state index in [-0.39, 0.29) is 5.75 Å². The molecule has 10 nitrogen and oxygen atoms in total. The first-order valence-corrected chi connectivity index (χ1v) is 12.5. The number of rotatable bonds is 22. The molecule has 0 aliphatic carbocycles. The van der Waals surface area contributed by atoms with E-state index >= 15 is 0 Å². The van der Waals surface area contributed by atoms with Crippen LogP contribution < -0.4 is 16.0 Å². The van der Waals surface area contributed by atoms with Crippen molar-refractivity contribution in [2.45, 2.75) is 32.6 Å². The third kappa shape index (κ3) is 18.7. The number of allylic oxidation sites excluding steroid dienone is 1. The molecular weight excluding hydrogens is 470 g/mol. The van der Waals surface area contributed by atoms with E-state index in [0.717, 1.165) is 38.1 Å². The van der Waals surface area contributed by atoms with Gasteiger partial charge in [0.05, 0.1) is 51.9 Å². The Morgan fingerprint density at radius 1 is 0.914 bits per heavy atom. The van der Waals surface area contributed by atoms with Gasteiger partial charge in [-0.05, 0) is 62.2 Å². The van der Waals surface area contributed by atoms with Crippen LogP contribution in [0.15, 0.2) is 41.3 Å². The average Bonchev–Trinajstić information content (AvgIpc) is 2.86. The highest BCUT2D eigenvalue weighted by Crippen LogP contribution is 2.13. The number of hydrogen-bond donors (Lipinski definition) is 5. The molecule has 0 saturated heterocycles. The number of anilines is 1. The minimum absolute atomic E-state index is 0.215. The number of benzene rings is 1. The Morgan fingerprint density at radius 3 is 2.11 bits per heavy atom. The third-order valence-electron chi connectivity index (χ3n) is 4.54. The first kappa shape index (κ1) is 30.7. The van der Waals surface area contributed by atoms with Crippen LogP contribution in [0.5, 0.6) is 5.75 Å². The minimum atomic E-state index is 0.215. The molecule has 1 rings (SSSR count). The average molecular weight is 512 g/mol. The van der Waals surface area contributed by atoms with Crippen LogP contribution in [0.3, 0.4) is 0 Å². The fourth-order valence-electron chi connectivity index (χ4n) is 2.74. The Bertz CT molecular complexity index is 706. The summed E-state index contributed by atoms with van der Waals surface area (Å²) in [5.74, 6) is 0.215. The maximum absolute atomic E-state index is 9.30. The highest BCUT2D eigenvalue weighted by Gasteiger charge is 2.00. The van der Waals surface area contributed by atoms with Gasteiger partial charge < -0.3 is 40.0 Å². The second-order valence-electron chi connectivity index (χ2n) is 7.54. The first-order chi connectivity index (χ1) is 17.2. The normalized spacial score (nSPS) is 11.3. The lowest BCUT2D eigenvalue weighted by Crippen LogP contribution is -2.29. The molecule has 0 bridgehead atoms. The van der Waals surface area contributed by atoms with Crippen molar-refractivity contribution in [2.24, 2.45) is 5.11 Å². The molecule has 0 heterocycles. The van der Waals surface area contributed by atoms with Crippen molar-refractivity contribution in [1.29, 1.82) is 5.53 Å². The van der Waals surface area contributed by atoms with Crippen LogP contribution in [0.4, 0.5) is 5.69 Å². The molecule has 0 aromatic heterocycles. The van der Waals surface area contributed by atoms with Gasteiger partial charge in [-0.1, -0.05) is 6.92 Å². The summed E-state index contributed by atoms with van der Waals surface area (Å²) >= 11 is 5.26. The number of unbranched alkanes of at least 4 members (excludes halogenated alkanes) is 1. The van der Waals surface area contributed by atoms with Crippen molar-refractivity contribution in [2.75, 3.05) is 71.3 Å². The van der Waals surface area contributed by atoms with Gasteiger partial charge in [0.2, 0.25) is 0 Å². The maximum atomic E-state index is 9.30. The van der Waals surface area contributed by atoms with Crippen molar-refractivity contribution in [3.63, 3.8) is 0 Å². The second-order valence-corrected chi connectivity index (χ2v) is 7.94. The van der Waals surface area contributed by atoms with Gasteiger partial charge in [0, 0.05) is 31.6 Å². The van der Waals surface area contributed by atoms with E-state index in [9.17, 15) is 5.11 Å². The molecule has 11 heteroatoms. The van der Waals surface area contributed by atoms with Crippen molar-refractivity contribution < 1.29 is 24.1 Å². The van der Waals surface area contributed by atoms with E-state index in [1.807, 2.05) is 0 Å². The van der Waals surface area contributed by atoms with Gasteiger partial charge in [-0.3, -0.25) is 0 Å². The van der Waals surface area contributed by atoms with Crippen LogP contribution in [-0.4, -0.2) is 76.2 Å². The Labute approximate surface area is 214 Å². The van der Waals surface area contributed by atoms with Crippen LogP contribution in [0.1, 0.15) is 32.6 Å². The molecule has 0 saturated carbocycles. The van der Waals surface area contributed by atoms with Crippen LogP contribution in [0, 0.1) is 5.53 Å². The summed E-state index contributed by atoms with van der Waals surface area (Å²) in [5, 5.41) is 22.7. The minimum Gasteiger partial charge on any atom is -0.508 e. The fourth-order valence-corrected chi connectivity index (χ4v) is 2.96. The molecule has 0 amide bonds. The summed E-state index contributed by atoms with van der Waals surface area (Å²) in [6, 6.07) is 6.71. The van der Waals surface area contributed by atoms with Gasteiger partial charge >= 0.3 is 0 Å². The van der Waals surface area contributed by atoms with E-state index in [4.69, 9.17) is 36.7 Å². The molecule has 198 valence electrons. The number of phenols is 1. The summed E-state index contributed by atoms with van der Waals surface area (Å²) in [6.07, 6.45) is 5.27. The standard InChI is InChI=1S/C24H41N5O5S/c1-2-12-31-14-16-33-18-19-34-17-15-32-13-11-26-20-22(29-25)5-3-4-10-27-24(35)28-21-6-8-23(30)9-7-21/h6-9,20,25-26,30H,2-5,10-19H2,1H3,(H2,27,28,35)/b22-20-,29-25?. The lowest BCUT2D eigenvalue weighted by Gasteiger charge is -2.10. The smallest absolute Gasteiger partial charge is 0.170 e. The molecule has 0 fully saturated rings. The van der Waals surface area contributed by atoms with E-state index in [1.54, 1.807) is 30.5 Å². The maximum Gasteiger partial charge on any atom is 0.170 e. The molecule has 0 atom stereocenters. The summed E-state index contributed by atoms with van der Waals surface area (Å²) in [7, 11) is 0. The Balaban J connectivity index is 1.93. The number of aromatic hydroxyl groups is 1. The van der Waals surface area contributed by atoms with Crippen molar-refractivity contribution in [3.05, 3.63) is 36.2 Å². The number of ether oxygens (including phenoxy) is 4. The molecular formula is C24H41N5O5S. The summed E-state index contributed by atoms with van der Waals surface area (Å²) < 4.78 is 21.7. The van der Waals surface area contributed by atoms with E-state index in [2.05, 4.69) is 28.0 Å². The van der Waals surface area contributed by atoms with Crippen LogP contribution in [0.2, 0.25) is 0 Å². The molecule has 0 unspecified atom stereocenters. The SMILES string of the molecule is CCCOCCOCCOCCOCCN/C=C(/CCCCNC(=S)Nc1ccc(O)cc1)N=N. The van der Waals surface area contributed by atoms with Crippen LogP contribution in [0.25, 0.3) is 0 Å². The fraction of sp³-hybridized carbons (Fsp3) is 0.625. The first-order valence-electron chi connectivity index (χ1n) is 12.1. The monoisotopic (exact) mass is 511 g/mol. The highest BCUT2D eigenvalue weighted by molar-refractivity contribution is 7.80. The third-order valence-corrected chi connectivity index (χ3v) is 4.78. The zero-order valence-corrected chi connectivity index (χ0v) is 21.5. The molecule has 0 aliphatic heterocycles. The molecule has 0 radical (unpaired) electrons. The van der Waals surface area contributed by atoms with Gasteiger partial charge in [-0.25, -0.2) is 5.53 Å². The van der Waals surface area contributed by atoms with Gasteiger partial charge in [0.15, 0.2) is 5.11 Å². The summed E-state index contributed by atoms with van der Waals surface area (Å²) in [6.45, 7) is 8.13. The number of hydrogen-bond acceptors (Lipinski definition) is 9. The zero-order valence-electron chi connectivity index (χ0n) is 20.7. The molecule has 1 aromatic carbocycles. The van der Waals surface area contributed by atoms with E-state index in [1.165, 1.54) is 0 Å². The predicted molar refractivity (Wildman–Crippen MR) is 141 cm³/mol. The zero-order chi connectivity index (χ0) is 25.4. The number of thiocarbonyl (C=S) groups is 1. The van der Waals surface area contributed by atoms with Crippen LogP contribution >= 0.6 is 12.2 Å². The molecule has 5 N–H and O–H groups in total. The Hall–Kier alpha value is -2.31. The van der Waals surface area contributed by atoms with Crippen LogP contribution in [-0.2, 0) is 18.9 Å². The summed E-state index contributed by atoms with van der Waals surface area (Å²) in [5.41, 5.74) is 8.83. The van der Waals surface area contributed by atoms with E-state index < -0.39 is 0 Å². The quantitative estimate of drug-likeness (QED) is 0.0683. The number of nitrogens with one attached hydrogen (secondary N) is 4. The van der Waals surface area contributed by atoms with Crippen molar-refractivity contribution in [1.82, 2.24) is 10.6 Å². The van der Waals surface area contributed by atoms with Crippen molar-refractivity contribution in [3.8, 4) is 5.75 Å². The van der Waals surface area contributed by atoms with Gasteiger partial charge in [0.1, 0.15) is 5.75 Å². The lowest BCUT2D eigenvalue weighted by atomic mass is 10.2. The molecule has 35 heavy (non-hydrogen) atoms. The lowest BCUT2D eigenvalue weighted by molar-refractivity contribution is -0.00120.